The van der Waals surface area contributed by atoms with Crippen LogP contribution in [0.4, 0.5) is 0 Å². The van der Waals surface area contributed by atoms with Crippen LogP contribution in [-0.4, -0.2) is 37.8 Å². The summed E-state index contributed by atoms with van der Waals surface area (Å²) in [6.07, 6.45) is 6.28. The van der Waals surface area contributed by atoms with E-state index < -0.39 is 5.97 Å². The summed E-state index contributed by atoms with van der Waals surface area (Å²) in [7, 11) is 0. The molecule has 0 aliphatic heterocycles. The van der Waals surface area contributed by atoms with E-state index in [0.717, 1.165) is 50.9 Å². The minimum absolute atomic E-state index is 0.198. The summed E-state index contributed by atoms with van der Waals surface area (Å²) in [5.41, 5.74) is 0. The number of tetrazole rings is 1. The molecule has 2 unspecified atom stereocenters. The lowest BCUT2D eigenvalue weighted by molar-refractivity contribution is -0.144. The van der Waals surface area contributed by atoms with Crippen LogP contribution < -0.4 is 5.32 Å². The number of aliphatic carboxylic acids is 1. The Morgan fingerprint density at radius 2 is 2.10 bits per heavy atom. The average molecular weight is 279 g/mol. The lowest BCUT2D eigenvalue weighted by Gasteiger charge is -2.28. The zero-order valence-corrected chi connectivity index (χ0v) is 11.5. The second-order valence-electron chi connectivity index (χ2n) is 5.89. The van der Waals surface area contributed by atoms with Gasteiger partial charge in [-0.3, -0.25) is 4.79 Å². The Morgan fingerprint density at radius 3 is 2.85 bits per heavy atom. The highest BCUT2D eigenvalue weighted by molar-refractivity contribution is 5.70. The topological polar surface area (TPSA) is 92.9 Å². The van der Waals surface area contributed by atoms with E-state index in [1.54, 1.807) is 0 Å². The van der Waals surface area contributed by atoms with Crippen LogP contribution in [0.1, 0.15) is 50.4 Å². The monoisotopic (exact) mass is 279 g/mol. The first kappa shape index (κ1) is 13.5. The first-order chi connectivity index (χ1) is 9.75. The summed E-state index contributed by atoms with van der Waals surface area (Å²) < 4.78 is 1.89. The SMILES string of the molecule is O=C(O)C1CCCCC1CNCc1nnnn1C1CC1. The Labute approximate surface area is 117 Å². The fourth-order valence-corrected chi connectivity index (χ4v) is 3.08. The molecule has 2 atom stereocenters. The second kappa shape index (κ2) is 5.87. The summed E-state index contributed by atoms with van der Waals surface area (Å²) in [6, 6.07) is 0.475. The van der Waals surface area contributed by atoms with Crippen LogP contribution in [0.3, 0.4) is 0 Å². The summed E-state index contributed by atoms with van der Waals surface area (Å²) in [6.45, 7) is 1.35. The zero-order chi connectivity index (χ0) is 13.9. The van der Waals surface area contributed by atoms with Gasteiger partial charge in [0.25, 0.3) is 0 Å². The van der Waals surface area contributed by atoms with Crippen molar-refractivity contribution in [1.29, 1.82) is 0 Å². The van der Waals surface area contributed by atoms with E-state index in [-0.39, 0.29) is 11.8 Å². The van der Waals surface area contributed by atoms with E-state index in [1.807, 2.05) is 4.68 Å². The Hall–Kier alpha value is -1.50. The summed E-state index contributed by atoms with van der Waals surface area (Å²) in [5, 5.41) is 24.4. The van der Waals surface area contributed by atoms with Crippen LogP contribution >= 0.6 is 0 Å². The third kappa shape index (κ3) is 2.98. The molecule has 2 aliphatic carbocycles. The zero-order valence-electron chi connectivity index (χ0n) is 11.5. The van der Waals surface area contributed by atoms with Crippen molar-refractivity contribution in [1.82, 2.24) is 25.5 Å². The third-order valence-corrected chi connectivity index (χ3v) is 4.37. The fraction of sp³-hybridized carbons (Fsp3) is 0.846. The molecule has 0 bridgehead atoms. The molecule has 0 saturated heterocycles. The molecule has 1 heterocycles. The van der Waals surface area contributed by atoms with Gasteiger partial charge in [0.15, 0.2) is 5.82 Å². The van der Waals surface area contributed by atoms with Gasteiger partial charge in [0.1, 0.15) is 0 Å². The predicted molar refractivity (Wildman–Crippen MR) is 70.9 cm³/mol. The van der Waals surface area contributed by atoms with Crippen molar-refractivity contribution in [2.45, 2.75) is 51.1 Å². The van der Waals surface area contributed by atoms with E-state index >= 15 is 0 Å². The molecule has 20 heavy (non-hydrogen) atoms. The van der Waals surface area contributed by atoms with E-state index in [0.29, 0.717) is 12.6 Å². The first-order valence-corrected chi connectivity index (χ1v) is 7.46. The summed E-state index contributed by atoms with van der Waals surface area (Å²) in [4.78, 5) is 11.2. The number of nitrogens with zero attached hydrogens (tertiary/aromatic N) is 4. The van der Waals surface area contributed by atoms with Gasteiger partial charge in [-0.05, 0) is 48.6 Å². The van der Waals surface area contributed by atoms with Gasteiger partial charge in [0.05, 0.1) is 18.5 Å². The Morgan fingerprint density at radius 1 is 1.30 bits per heavy atom. The Kier molecular flexibility index (Phi) is 3.95. The molecule has 2 N–H and O–H groups in total. The highest BCUT2D eigenvalue weighted by atomic mass is 16.4. The van der Waals surface area contributed by atoms with E-state index in [1.165, 1.54) is 0 Å². The summed E-state index contributed by atoms with van der Waals surface area (Å²) in [5.74, 6) is 0.233. The number of rotatable bonds is 6. The third-order valence-electron chi connectivity index (χ3n) is 4.37. The molecule has 0 amide bonds. The van der Waals surface area contributed by atoms with E-state index in [2.05, 4.69) is 20.8 Å². The predicted octanol–water partition coefficient (Wildman–Crippen LogP) is 0.989. The Balaban J connectivity index is 1.51. The molecule has 2 fully saturated rings. The highest BCUT2D eigenvalue weighted by Gasteiger charge is 2.31. The van der Waals surface area contributed by atoms with Crippen molar-refractivity contribution >= 4 is 5.97 Å². The minimum atomic E-state index is -0.653. The van der Waals surface area contributed by atoms with Gasteiger partial charge in [-0.2, -0.15) is 0 Å². The molecule has 2 aliphatic rings. The molecular weight excluding hydrogens is 258 g/mol. The molecule has 3 rings (SSSR count). The lowest BCUT2D eigenvalue weighted by atomic mass is 9.79. The fourth-order valence-electron chi connectivity index (χ4n) is 3.08. The lowest BCUT2D eigenvalue weighted by Crippen LogP contribution is -2.34. The number of nitrogens with one attached hydrogen (secondary N) is 1. The van der Waals surface area contributed by atoms with Gasteiger partial charge >= 0.3 is 5.97 Å². The van der Waals surface area contributed by atoms with E-state index in [9.17, 15) is 9.90 Å². The molecule has 1 aromatic heterocycles. The van der Waals surface area contributed by atoms with Crippen LogP contribution in [0, 0.1) is 11.8 Å². The maximum absolute atomic E-state index is 11.2. The van der Waals surface area contributed by atoms with Gasteiger partial charge in [0.2, 0.25) is 0 Å². The molecule has 7 heteroatoms. The largest absolute Gasteiger partial charge is 0.481 e. The summed E-state index contributed by atoms with van der Waals surface area (Å²) >= 11 is 0. The van der Waals surface area contributed by atoms with Gasteiger partial charge in [-0.1, -0.05) is 12.8 Å². The second-order valence-corrected chi connectivity index (χ2v) is 5.89. The molecular formula is C13H21N5O2. The normalized spacial score (nSPS) is 26.6. The quantitative estimate of drug-likeness (QED) is 0.806. The van der Waals surface area contributed by atoms with Crippen LogP contribution in [0.25, 0.3) is 0 Å². The number of hydrogen-bond acceptors (Lipinski definition) is 5. The molecule has 110 valence electrons. The molecule has 0 radical (unpaired) electrons. The number of aromatic nitrogens is 4. The van der Waals surface area contributed by atoms with Gasteiger partial charge in [0, 0.05) is 0 Å². The van der Waals surface area contributed by atoms with Crippen molar-refractivity contribution in [3.05, 3.63) is 5.82 Å². The standard InChI is InChI=1S/C13H21N5O2/c19-13(20)11-4-2-1-3-9(11)7-14-8-12-15-16-17-18(12)10-5-6-10/h9-11,14H,1-8H2,(H,19,20). The van der Waals surface area contributed by atoms with Crippen molar-refractivity contribution in [3.8, 4) is 0 Å². The number of carboxylic acids is 1. The van der Waals surface area contributed by atoms with Gasteiger partial charge in [-0.25, -0.2) is 4.68 Å². The number of carboxylic acid groups (broad SMARTS) is 1. The minimum Gasteiger partial charge on any atom is -0.481 e. The maximum atomic E-state index is 11.2. The van der Waals surface area contributed by atoms with Crippen molar-refractivity contribution in [2.75, 3.05) is 6.54 Å². The van der Waals surface area contributed by atoms with Crippen molar-refractivity contribution in [2.24, 2.45) is 11.8 Å². The molecule has 0 aromatic carbocycles. The van der Waals surface area contributed by atoms with Crippen molar-refractivity contribution in [3.63, 3.8) is 0 Å². The van der Waals surface area contributed by atoms with Crippen molar-refractivity contribution < 1.29 is 9.90 Å². The number of hydrogen-bond donors (Lipinski definition) is 2. The van der Waals surface area contributed by atoms with Crippen LogP contribution in [0.2, 0.25) is 0 Å². The average Bonchev–Trinajstić information content (AvgIpc) is 3.19. The van der Waals surface area contributed by atoms with Gasteiger partial charge in [-0.15, -0.1) is 5.10 Å². The maximum Gasteiger partial charge on any atom is 0.306 e. The van der Waals surface area contributed by atoms with Crippen LogP contribution in [0.15, 0.2) is 0 Å². The molecule has 1 aromatic rings. The molecule has 0 spiro atoms. The highest BCUT2D eigenvalue weighted by Crippen LogP contribution is 2.34. The Bertz CT molecular complexity index is 471. The smallest absolute Gasteiger partial charge is 0.306 e. The van der Waals surface area contributed by atoms with Crippen LogP contribution in [-0.2, 0) is 11.3 Å². The van der Waals surface area contributed by atoms with E-state index in [4.69, 9.17) is 0 Å². The molecule has 7 nitrogen and oxygen atoms in total. The van der Waals surface area contributed by atoms with Gasteiger partial charge < -0.3 is 10.4 Å². The molecule has 2 saturated carbocycles. The number of carbonyl (C=O) groups is 1. The van der Waals surface area contributed by atoms with Crippen LogP contribution in [0.5, 0.6) is 0 Å². The first-order valence-electron chi connectivity index (χ1n) is 7.46.